The van der Waals surface area contributed by atoms with Crippen molar-refractivity contribution < 1.29 is 9.53 Å². The van der Waals surface area contributed by atoms with E-state index in [1.54, 1.807) is 0 Å². The van der Waals surface area contributed by atoms with Crippen molar-refractivity contribution in [2.24, 2.45) is 5.92 Å². The van der Waals surface area contributed by atoms with Gasteiger partial charge < -0.3 is 15.0 Å². The van der Waals surface area contributed by atoms with Crippen molar-refractivity contribution >= 4 is 5.91 Å². The summed E-state index contributed by atoms with van der Waals surface area (Å²) in [6.45, 7) is 6.42. The number of hydrogen-bond acceptors (Lipinski definition) is 3. The lowest BCUT2D eigenvalue weighted by molar-refractivity contribution is -0.134. The van der Waals surface area contributed by atoms with Gasteiger partial charge in [-0.2, -0.15) is 0 Å². The average molecular weight is 254 g/mol. The molecular formula is C14H26N2O2. The van der Waals surface area contributed by atoms with Crippen LogP contribution < -0.4 is 5.32 Å². The second-order valence-electron chi connectivity index (χ2n) is 5.46. The highest BCUT2D eigenvalue weighted by molar-refractivity contribution is 5.81. The minimum Gasteiger partial charge on any atom is -0.381 e. The molecular weight excluding hydrogens is 228 g/mol. The van der Waals surface area contributed by atoms with Crippen molar-refractivity contribution in [1.29, 1.82) is 0 Å². The van der Waals surface area contributed by atoms with Crippen LogP contribution in [0.15, 0.2) is 0 Å². The molecule has 2 unspecified atom stereocenters. The molecule has 1 amide bonds. The number of likely N-dealkylation sites (N-methyl/N-ethyl adjacent to an activating group) is 1. The minimum atomic E-state index is 0.0507. The lowest BCUT2D eigenvalue weighted by Gasteiger charge is -2.28. The van der Waals surface area contributed by atoms with Gasteiger partial charge in [0.2, 0.25) is 5.91 Å². The van der Waals surface area contributed by atoms with Gasteiger partial charge in [0.05, 0.1) is 12.6 Å². The Morgan fingerprint density at radius 1 is 1.33 bits per heavy atom. The van der Waals surface area contributed by atoms with Crippen LogP contribution >= 0.6 is 0 Å². The normalized spacial score (nSPS) is 28.9. The molecule has 0 aromatic carbocycles. The van der Waals surface area contributed by atoms with Gasteiger partial charge in [0.15, 0.2) is 0 Å². The molecule has 2 atom stereocenters. The Morgan fingerprint density at radius 3 is 2.94 bits per heavy atom. The summed E-state index contributed by atoms with van der Waals surface area (Å²) in [5.74, 6) is 0.839. The molecule has 2 aliphatic rings. The highest BCUT2D eigenvalue weighted by atomic mass is 16.5. The molecule has 2 aliphatic heterocycles. The van der Waals surface area contributed by atoms with E-state index in [2.05, 4.69) is 12.2 Å². The zero-order valence-electron chi connectivity index (χ0n) is 11.5. The van der Waals surface area contributed by atoms with Crippen LogP contribution in [0.25, 0.3) is 0 Å². The fourth-order valence-electron chi connectivity index (χ4n) is 2.87. The second-order valence-corrected chi connectivity index (χ2v) is 5.46. The number of carbonyl (C=O) groups is 1. The molecule has 0 aliphatic carbocycles. The zero-order valence-corrected chi connectivity index (χ0v) is 11.5. The third-order valence-corrected chi connectivity index (χ3v) is 4.05. The quantitative estimate of drug-likeness (QED) is 0.824. The largest absolute Gasteiger partial charge is 0.381 e. The fraction of sp³-hybridized carbons (Fsp3) is 0.929. The van der Waals surface area contributed by atoms with Gasteiger partial charge >= 0.3 is 0 Å². The monoisotopic (exact) mass is 254 g/mol. The topological polar surface area (TPSA) is 41.6 Å². The predicted molar refractivity (Wildman–Crippen MR) is 71.4 cm³/mol. The maximum absolute atomic E-state index is 12.5. The Kier molecular flexibility index (Phi) is 5.45. The summed E-state index contributed by atoms with van der Waals surface area (Å²) in [5, 5.41) is 3.40. The molecule has 2 heterocycles. The van der Waals surface area contributed by atoms with Gasteiger partial charge in [-0.1, -0.05) is 12.8 Å². The third-order valence-electron chi connectivity index (χ3n) is 4.05. The van der Waals surface area contributed by atoms with E-state index in [0.29, 0.717) is 11.8 Å². The van der Waals surface area contributed by atoms with E-state index >= 15 is 0 Å². The molecule has 0 aromatic rings. The first kappa shape index (κ1) is 13.8. The van der Waals surface area contributed by atoms with Crippen molar-refractivity contribution in [3.8, 4) is 0 Å². The van der Waals surface area contributed by atoms with E-state index < -0.39 is 0 Å². The molecule has 4 nitrogen and oxygen atoms in total. The van der Waals surface area contributed by atoms with E-state index in [1.807, 2.05) is 4.90 Å². The van der Waals surface area contributed by atoms with Crippen LogP contribution in [0.2, 0.25) is 0 Å². The van der Waals surface area contributed by atoms with Gasteiger partial charge in [-0.3, -0.25) is 4.79 Å². The Hall–Kier alpha value is -0.610. The first-order valence-corrected chi connectivity index (χ1v) is 7.41. The standard InChI is InChI=1S/C14H26N2O2/c1-2-16(10-12-7-9-18-11-12)14(17)13-6-4-3-5-8-15-13/h12-13,15H,2-11H2,1H3. The van der Waals surface area contributed by atoms with Crippen LogP contribution in [0, 0.1) is 5.92 Å². The van der Waals surface area contributed by atoms with E-state index in [9.17, 15) is 4.79 Å². The van der Waals surface area contributed by atoms with Crippen molar-refractivity contribution in [1.82, 2.24) is 10.2 Å². The predicted octanol–water partition coefficient (Wildman–Crippen LogP) is 1.40. The van der Waals surface area contributed by atoms with Crippen molar-refractivity contribution in [2.75, 3.05) is 32.8 Å². The molecule has 2 saturated heterocycles. The Morgan fingerprint density at radius 2 is 2.22 bits per heavy atom. The van der Waals surface area contributed by atoms with Crippen LogP contribution in [-0.4, -0.2) is 49.7 Å². The van der Waals surface area contributed by atoms with Gasteiger partial charge in [-0.05, 0) is 32.7 Å². The first-order chi connectivity index (χ1) is 8.81. The molecule has 4 heteroatoms. The van der Waals surface area contributed by atoms with Gasteiger partial charge in [-0.15, -0.1) is 0 Å². The molecule has 2 rings (SSSR count). The number of amides is 1. The van der Waals surface area contributed by atoms with E-state index in [4.69, 9.17) is 4.74 Å². The summed E-state index contributed by atoms with van der Waals surface area (Å²) in [6, 6.07) is 0.0507. The Labute approximate surface area is 110 Å². The molecule has 1 N–H and O–H groups in total. The van der Waals surface area contributed by atoms with E-state index in [-0.39, 0.29) is 6.04 Å². The number of carbonyl (C=O) groups excluding carboxylic acids is 1. The fourth-order valence-corrected chi connectivity index (χ4v) is 2.87. The molecule has 0 saturated carbocycles. The molecule has 0 bridgehead atoms. The Balaban J connectivity index is 1.86. The van der Waals surface area contributed by atoms with Crippen molar-refractivity contribution in [3.05, 3.63) is 0 Å². The third kappa shape index (κ3) is 3.69. The van der Waals surface area contributed by atoms with Crippen LogP contribution in [0.3, 0.4) is 0 Å². The number of ether oxygens (including phenoxy) is 1. The molecule has 18 heavy (non-hydrogen) atoms. The maximum Gasteiger partial charge on any atom is 0.239 e. The number of hydrogen-bond donors (Lipinski definition) is 1. The second kappa shape index (κ2) is 7.10. The van der Waals surface area contributed by atoms with Gasteiger partial charge in [0, 0.05) is 25.6 Å². The Bertz CT molecular complexity index is 257. The SMILES string of the molecule is CCN(CC1CCOC1)C(=O)C1CCCCCN1. The molecule has 0 spiro atoms. The maximum atomic E-state index is 12.5. The zero-order chi connectivity index (χ0) is 12.8. The van der Waals surface area contributed by atoms with E-state index in [0.717, 1.165) is 45.7 Å². The molecule has 0 aromatic heterocycles. The number of rotatable bonds is 4. The minimum absolute atomic E-state index is 0.0507. The summed E-state index contributed by atoms with van der Waals surface area (Å²) in [6.07, 6.45) is 5.72. The number of nitrogens with zero attached hydrogens (tertiary/aromatic N) is 1. The lowest BCUT2D eigenvalue weighted by atomic mass is 10.1. The van der Waals surface area contributed by atoms with Crippen LogP contribution in [0.4, 0.5) is 0 Å². The van der Waals surface area contributed by atoms with Gasteiger partial charge in [0.25, 0.3) is 0 Å². The molecule has 0 radical (unpaired) electrons. The highest BCUT2D eigenvalue weighted by Crippen LogP contribution is 2.16. The molecule has 104 valence electrons. The average Bonchev–Trinajstić information content (AvgIpc) is 2.75. The van der Waals surface area contributed by atoms with Crippen LogP contribution in [-0.2, 0) is 9.53 Å². The summed E-state index contributed by atoms with van der Waals surface area (Å²) < 4.78 is 5.39. The summed E-state index contributed by atoms with van der Waals surface area (Å²) in [5.41, 5.74) is 0. The van der Waals surface area contributed by atoms with Crippen LogP contribution in [0.1, 0.15) is 39.0 Å². The summed E-state index contributed by atoms with van der Waals surface area (Å²) in [7, 11) is 0. The number of nitrogens with one attached hydrogen (secondary N) is 1. The first-order valence-electron chi connectivity index (χ1n) is 7.41. The lowest BCUT2D eigenvalue weighted by Crippen LogP contribution is -2.47. The van der Waals surface area contributed by atoms with Gasteiger partial charge in [-0.25, -0.2) is 0 Å². The highest BCUT2D eigenvalue weighted by Gasteiger charge is 2.27. The van der Waals surface area contributed by atoms with Crippen LogP contribution in [0.5, 0.6) is 0 Å². The summed E-state index contributed by atoms with van der Waals surface area (Å²) >= 11 is 0. The van der Waals surface area contributed by atoms with Gasteiger partial charge in [0.1, 0.15) is 0 Å². The summed E-state index contributed by atoms with van der Waals surface area (Å²) in [4.78, 5) is 14.5. The smallest absolute Gasteiger partial charge is 0.239 e. The van der Waals surface area contributed by atoms with Crippen molar-refractivity contribution in [3.63, 3.8) is 0 Å². The van der Waals surface area contributed by atoms with E-state index in [1.165, 1.54) is 19.3 Å². The van der Waals surface area contributed by atoms with Crippen molar-refractivity contribution in [2.45, 2.75) is 45.1 Å². The molecule has 2 fully saturated rings.